The van der Waals surface area contributed by atoms with Gasteiger partial charge >= 0.3 is 5.97 Å². The van der Waals surface area contributed by atoms with Gasteiger partial charge < -0.3 is 20.1 Å². The van der Waals surface area contributed by atoms with E-state index >= 15 is 0 Å². The molecule has 29 heavy (non-hydrogen) atoms. The molecule has 0 saturated carbocycles. The number of nitrogens with one attached hydrogen (secondary N) is 1. The van der Waals surface area contributed by atoms with Crippen LogP contribution in [0, 0.1) is 11.8 Å². The summed E-state index contributed by atoms with van der Waals surface area (Å²) in [6.45, 7) is 6.31. The Hall–Kier alpha value is -0.800. The lowest BCUT2D eigenvalue weighted by atomic mass is 9.71. The quantitative estimate of drug-likeness (QED) is 0.290. The lowest BCUT2D eigenvalue weighted by molar-refractivity contribution is -0.154. The van der Waals surface area contributed by atoms with Crippen LogP contribution in [0.3, 0.4) is 0 Å². The van der Waals surface area contributed by atoms with Gasteiger partial charge in [0.2, 0.25) is 11.8 Å². The third kappa shape index (κ3) is 3.61. The van der Waals surface area contributed by atoms with E-state index in [-0.39, 0.29) is 41.1 Å². The van der Waals surface area contributed by atoms with Gasteiger partial charge in [0.1, 0.15) is 6.04 Å². The second-order valence-electron chi connectivity index (χ2n) is 8.05. The highest BCUT2D eigenvalue weighted by Gasteiger charge is 2.76. The number of fused-ring (bicyclic) bond motifs is 1. The molecule has 2 bridgehead atoms. The molecule has 3 unspecified atom stereocenters. The molecule has 3 aliphatic rings. The summed E-state index contributed by atoms with van der Waals surface area (Å²) < 4.78 is 4.64. The number of hydrogen-bond acceptors (Lipinski definition) is 6. The van der Waals surface area contributed by atoms with E-state index < -0.39 is 28.7 Å². The minimum absolute atomic E-state index is 0.0334. The Morgan fingerprint density at radius 2 is 2.14 bits per heavy atom. The predicted octanol–water partition coefficient (Wildman–Crippen LogP) is 1.70. The molecule has 0 aromatic heterocycles. The standard InChI is InChI=1S/C20H31BrN2O5S/c1-4-7-8-22-17(25)16-20-9-12(21)15(29-20)13(19(27)28-6-3)14(20)18(26)23(16)11(5-2)10-24/h11-16,24H,4-10H2,1-3H3,(H,22,25)/t11-,12?,13-,14-,15-,16?,20?/m0/s1. The molecule has 3 aliphatic heterocycles. The molecular weight excluding hydrogens is 460 g/mol. The number of hydrogen-bond donors (Lipinski definition) is 2. The summed E-state index contributed by atoms with van der Waals surface area (Å²) in [5.41, 5.74) is 0. The molecule has 0 aliphatic carbocycles. The van der Waals surface area contributed by atoms with Crippen molar-refractivity contribution in [2.75, 3.05) is 19.8 Å². The monoisotopic (exact) mass is 490 g/mol. The fourth-order valence-electron chi connectivity index (χ4n) is 5.17. The first kappa shape index (κ1) is 22.9. The molecule has 0 radical (unpaired) electrons. The van der Waals surface area contributed by atoms with Gasteiger partial charge in [-0.25, -0.2) is 0 Å². The van der Waals surface area contributed by atoms with Crippen LogP contribution in [0.5, 0.6) is 0 Å². The summed E-state index contributed by atoms with van der Waals surface area (Å²) in [5, 5.41) is 12.8. The maximum absolute atomic E-state index is 13.6. The van der Waals surface area contributed by atoms with Gasteiger partial charge in [0.15, 0.2) is 0 Å². The zero-order valence-electron chi connectivity index (χ0n) is 17.2. The van der Waals surface area contributed by atoms with Gasteiger partial charge in [-0.15, -0.1) is 11.8 Å². The molecule has 3 fully saturated rings. The number of aliphatic hydroxyl groups excluding tert-OH is 1. The summed E-state index contributed by atoms with van der Waals surface area (Å²) in [7, 11) is 0. The van der Waals surface area contributed by atoms with E-state index in [1.165, 1.54) is 0 Å². The first-order valence-electron chi connectivity index (χ1n) is 10.6. The van der Waals surface area contributed by atoms with Gasteiger partial charge in [-0.1, -0.05) is 36.2 Å². The maximum Gasteiger partial charge on any atom is 0.310 e. The van der Waals surface area contributed by atoms with Crippen LogP contribution in [0.25, 0.3) is 0 Å². The van der Waals surface area contributed by atoms with Gasteiger partial charge in [0, 0.05) is 16.6 Å². The average Bonchev–Trinajstić information content (AvgIpc) is 3.27. The number of alkyl halides is 1. The molecule has 3 heterocycles. The SMILES string of the molecule is CCCCNC(=O)C1N([C@@H](CC)CO)C(=O)[C@@H]2[C@H](C(=O)OCC)[C@H]3SC12CC3Br. The van der Waals surface area contributed by atoms with Crippen LogP contribution < -0.4 is 5.32 Å². The van der Waals surface area contributed by atoms with Gasteiger partial charge in [-0.2, -0.15) is 0 Å². The number of halogens is 1. The highest BCUT2D eigenvalue weighted by Crippen LogP contribution is 2.68. The Morgan fingerprint density at radius 3 is 2.72 bits per heavy atom. The molecule has 1 spiro atoms. The number of carbonyl (C=O) groups excluding carboxylic acids is 3. The Morgan fingerprint density at radius 1 is 1.41 bits per heavy atom. The van der Waals surface area contributed by atoms with E-state index in [0.29, 0.717) is 19.4 Å². The summed E-state index contributed by atoms with van der Waals surface area (Å²) in [4.78, 5) is 41.3. The number of amides is 2. The molecule has 7 atom stereocenters. The third-order valence-corrected chi connectivity index (χ3v) is 9.66. The minimum atomic E-state index is -0.691. The molecule has 9 heteroatoms. The van der Waals surface area contributed by atoms with Gasteiger partial charge in [0.25, 0.3) is 0 Å². The number of carbonyl (C=O) groups is 3. The fourth-order valence-corrected chi connectivity index (χ4v) is 8.75. The molecule has 0 aromatic rings. The molecule has 3 saturated heterocycles. The molecule has 0 aromatic carbocycles. The lowest BCUT2D eigenvalue weighted by Gasteiger charge is -2.37. The van der Waals surface area contributed by atoms with Crippen LogP contribution in [0.1, 0.15) is 46.5 Å². The summed E-state index contributed by atoms with van der Waals surface area (Å²) >= 11 is 5.29. The van der Waals surface area contributed by atoms with Crippen molar-refractivity contribution >= 4 is 45.5 Å². The fraction of sp³-hybridized carbons (Fsp3) is 0.850. The Labute approximate surface area is 184 Å². The Bertz CT molecular complexity index is 661. The average molecular weight is 491 g/mol. The van der Waals surface area contributed by atoms with E-state index in [4.69, 9.17) is 4.74 Å². The lowest BCUT2D eigenvalue weighted by Crippen LogP contribution is -2.57. The second-order valence-corrected chi connectivity index (χ2v) is 10.8. The number of esters is 1. The van der Waals surface area contributed by atoms with Crippen LogP contribution in [-0.4, -0.2) is 74.5 Å². The number of rotatable bonds is 9. The normalized spacial score (nSPS) is 36.2. The van der Waals surface area contributed by atoms with Crippen molar-refractivity contribution in [2.45, 2.75) is 73.4 Å². The second kappa shape index (κ2) is 9.14. The van der Waals surface area contributed by atoms with Crippen LogP contribution >= 0.6 is 27.7 Å². The van der Waals surface area contributed by atoms with Crippen molar-refractivity contribution in [1.29, 1.82) is 0 Å². The van der Waals surface area contributed by atoms with Crippen LogP contribution in [0.4, 0.5) is 0 Å². The number of ether oxygens (including phenoxy) is 1. The van der Waals surface area contributed by atoms with E-state index in [1.807, 2.05) is 6.92 Å². The smallest absolute Gasteiger partial charge is 0.310 e. The summed E-state index contributed by atoms with van der Waals surface area (Å²) in [6.07, 6.45) is 3.00. The number of aliphatic hydroxyl groups is 1. The van der Waals surface area contributed by atoms with E-state index in [0.717, 1.165) is 12.8 Å². The largest absolute Gasteiger partial charge is 0.466 e. The van der Waals surface area contributed by atoms with Crippen molar-refractivity contribution in [2.24, 2.45) is 11.8 Å². The first-order chi connectivity index (χ1) is 13.9. The third-order valence-electron chi connectivity index (χ3n) is 6.44. The number of thioether (sulfide) groups is 1. The van der Waals surface area contributed by atoms with Crippen molar-refractivity contribution in [3.63, 3.8) is 0 Å². The summed E-state index contributed by atoms with van der Waals surface area (Å²) in [5.74, 6) is -1.91. The maximum atomic E-state index is 13.6. The molecule has 7 nitrogen and oxygen atoms in total. The zero-order valence-corrected chi connectivity index (χ0v) is 19.6. The van der Waals surface area contributed by atoms with Crippen LogP contribution in [0.2, 0.25) is 0 Å². The number of unbranched alkanes of at least 4 members (excludes halogenated alkanes) is 1. The number of nitrogens with zero attached hydrogens (tertiary/aromatic N) is 1. The van der Waals surface area contributed by atoms with Crippen molar-refractivity contribution in [1.82, 2.24) is 10.2 Å². The van der Waals surface area contributed by atoms with E-state index in [1.54, 1.807) is 23.6 Å². The zero-order chi connectivity index (χ0) is 21.3. The Balaban J connectivity index is 2.01. The molecule has 2 amide bonds. The van der Waals surface area contributed by atoms with Crippen molar-refractivity contribution < 1.29 is 24.2 Å². The van der Waals surface area contributed by atoms with Gasteiger partial charge in [-0.05, 0) is 26.2 Å². The van der Waals surface area contributed by atoms with Gasteiger partial charge in [0.05, 0.1) is 35.8 Å². The molecule has 2 N–H and O–H groups in total. The van der Waals surface area contributed by atoms with Crippen LogP contribution in [-0.2, 0) is 19.1 Å². The van der Waals surface area contributed by atoms with Crippen LogP contribution in [0.15, 0.2) is 0 Å². The topological polar surface area (TPSA) is 95.9 Å². The Kier molecular flexibility index (Phi) is 7.21. The van der Waals surface area contributed by atoms with Crippen molar-refractivity contribution in [3.05, 3.63) is 0 Å². The molecule has 164 valence electrons. The molecular formula is C20H31BrN2O5S. The molecule has 3 rings (SSSR count). The highest BCUT2D eigenvalue weighted by atomic mass is 79.9. The predicted molar refractivity (Wildman–Crippen MR) is 115 cm³/mol. The van der Waals surface area contributed by atoms with Crippen molar-refractivity contribution in [3.8, 4) is 0 Å². The highest BCUT2D eigenvalue weighted by molar-refractivity contribution is 9.09. The van der Waals surface area contributed by atoms with E-state index in [2.05, 4.69) is 28.2 Å². The summed E-state index contributed by atoms with van der Waals surface area (Å²) in [6, 6.07) is -1.14. The van der Waals surface area contributed by atoms with Gasteiger partial charge in [-0.3, -0.25) is 14.4 Å². The van der Waals surface area contributed by atoms with E-state index in [9.17, 15) is 19.5 Å². The number of likely N-dealkylation sites (tertiary alicyclic amines) is 1. The minimum Gasteiger partial charge on any atom is -0.466 e. The first-order valence-corrected chi connectivity index (χ1v) is 12.4.